The summed E-state index contributed by atoms with van der Waals surface area (Å²) in [6, 6.07) is 6.69. The van der Waals surface area contributed by atoms with Crippen LogP contribution in [0.1, 0.15) is 45.3 Å². The molecule has 3 heterocycles. The molecular weight excluding hydrogens is 292 g/mol. The Morgan fingerprint density at radius 2 is 2.23 bits per heavy atom. The van der Waals surface area contributed by atoms with E-state index in [1.54, 1.807) is 17.5 Å². The van der Waals surface area contributed by atoms with Crippen LogP contribution < -0.4 is 5.32 Å². The zero-order chi connectivity index (χ0) is 15.6. The first-order valence-corrected chi connectivity index (χ1v) is 8.77. The molecule has 1 N–H and O–H groups in total. The molecule has 0 aliphatic carbocycles. The first kappa shape index (κ1) is 15.4. The van der Waals surface area contributed by atoms with Crippen LogP contribution in [0.15, 0.2) is 29.8 Å². The van der Waals surface area contributed by atoms with Crippen LogP contribution in [-0.2, 0) is 0 Å². The Kier molecular flexibility index (Phi) is 4.45. The fraction of sp³-hybridized carbons (Fsp3) is 0.529. The summed E-state index contributed by atoms with van der Waals surface area (Å²) in [6.45, 7) is 9.19. The summed E-state index contributed by atoms with van der Waals surface area (Å²) in [5.41, 5.74) is 1.49. The van der Waals surface area contributed by atoms with Crippen LogP contribution in [0.3, 0.4) is 0 Å². The number of anilines is 2. The average Bonchev–Trinajstić information content (AvgIpc) is 3.09. The number of nitrogens with one attached hydrogen (secondary N) is 1. The van der Waals surface area contributed by atoms with Crippen LogP contribution in [0.5, 0.6) is 0 Å². The molecule has 0 spiro atoms. The van der Waals surface area contributed by atoms with E-state index in [2.05, 4.69) is 48.1 Å². The predicted molar refractivity (Wildman–Crippen MR) is 92.6 cm³/mol. The lowest BCUT2D eigenvalue weighted by Crippen LogP contribution is -2.32. The highest BCUT2D eigenvalue weighted by atomic mass is 32.1. The van der Waals surface area contributed by atoms with E-state index in [1.807, 2.05) is 11.4 Å². The molecule has 0 amide bonds. The minimum absolute atomic E-state index is 0.319. The Morgan fingerprint density at radius 3 is 2.95 bits per heavy atom. The maximum absolute atomic E-state index is 4.82. The first-order chi connectivity index (χ1) is 10.5. The zero-order valence-corrected chi connectivity index (χ0v) is 14.4. The summed E-state index contributed by atoms with van der Waals surface area (Å²) in [5, 5.41) is 6.15. The molecule has 1 saturated heterocycles. The normalized spacial score (nSPS) is 19.5. The number of aromatic nitrogens is 2. The number of hydrogen-bond acceptors (Lipinski definition) is 5. The van der Waals surface area contributed by atoms with Crippen molar-refractivity contribution in [2.45, 2.75) is 39.7 Å². The van der Waals surface area contributed by atoms with Crippen molar-refractivity contribution in [2.24, 2.45) is 5.41 Å². The molecule has 1 aliphatic rings. The summed E-state index contributed by atoms with van der Waals surface area (Å²) < 4.78 is 0. The summed E-state index contributed by atoms with van der Waals surface area (Å²) in [7, 11) is 0. The van der Waals surface area contributed by atoms with Crippen LogP contribution in [0.2, 0.25) is 0 Å². The van der Waals surface area contributed by atoms with Gasteiger partial charge >= 0.3 is 0 Å². The monoisotopic (exact) mass is 316 g/mol. The third-order valence-electron chi connectivity index (χ3n) is 3.82. The maximum Gasteiger partial charge on any atom is 0.188 e. The number of pyridine rings is 1. The summed E-state index contributed by atoms with van der Waals surface area (Å²) in [6.07, 6.45) is 4.26. The van der Waals surface area contributed by atoms with Gasteiger partial charge in [-0.05, 0) is 36.9 Å². The van der Waals surface area contributed by atoms with E-state index in [1.165, 1.54) is 25.1 Å². The predicted octanol–water partition coefficient (Wildman–Crippen LogP) is 4.46. The van der Waals surface area contributed by atoms with Crippen molar-refractivity contribution >= 4 is 22.3 Å². The van der Waals surface area contributed by atoms with Crippen molar-refractivity contribution in [3.05, 3.63) is 35.5 Å². The molecule has 3 rings (SSSR count). The number of likely N-dealkylation sites (tertiary alicyclic amines) is 1. The molecule has 4 nitrogen and oxygen atoms in total. The Balaban J connectivity index is 1.76. The van der Waals surface area contributed by atoms with E-state index in [0.717, 1.165) is 17.5 Å². The summed E-state index contributed by atoms with van der Waals surface area (Å²) >= 11 is 1.59. The molecular formula is C17H24N4S. The number of nitrogens with zero attached hydrogens (tertiary/aromatic N) is 3. The number of hydrogen-bond donors (Lipinski definition) is 1. The molecule has 0 bridgehead atoms. The van der Waals surface area contributed by atoms with E-state index in [-0.39, 0.29) is 0 Å². The van der Waals surface area contributed by atoms with Gasteiger partial charge in [0.25, 0.3) is 0 Å². The van der Waals surface area contributed by atoms with E-state index >= 15 is 0 Å². The lowest BCUT2D eigenvalue weighted by Gasteiger charge is -2.31. The topological polar surface area (TPSA) is 41.0 Å². The van der Waals surface area contributed by atoms with E-state index < -0.39 is 0 Å². The minimum atomic E-state index is 0.319. The third-order valence-corrected chi connectivity index (χ3v) is 4.51. The first-order valence-electron chi connectivity index (χ1n) is 7.89. The fourth-order valence-corrected chi connectivity index (χ4v) is 3.60. The highest BCUT2D eigenvalue weighted by Gasteiger charge is 2.30. The molecule has 1 fully saturated rings. The maximum atomic E-state index is 4.82. The van der Waals surface area contributed by atoms with Gasteiger partial charge in [-0.1, -0.05) is 26.8 Å². The average molecular weight is 316 g/mol. The van der Waals surface area contributed by atoms with Gasteiger partial charge in [-0.25, -0.2) is 9.97 Å². The Morgan fingerprint density at radius 1 is 1.36 bits per heavy atom. The SMILES string of the molecule is CC(C)(C)CN1CCC[C@@H]1c1cccc(Nc2nccs2)n1. The van der Waals surface area contributed by atoms with Crippen molar-refractivity contribution < 1.29 is 0 Å². The van der Waals surface area contributed by atoms with Gasteiger partial charge in [0.05, 0.1) is 11.7 Å². The van der Waals surface area contributed by atoms with Gasteiger partial charge in [0.1, 0.15) is 5.82 Å². The molecule has 22 heavy (non-hydrogen) atoms. The van der Waals surface area contributed by atoms with Crippen LogP contribution in [0.25, 0.3) is 0 Å². The minimum Gasteiger partial charge on any atom is -0.316 e. The largest absolute Gasteiger partial charge is 0.316 e. The molecule has 0 aromatic carbocycles. The number of rotatable bonds is 4. The molecule has 0 saturated carbocycles. The standard InChI is InChI=1S/C17H24N4S/c1-17(2,3)12-21-10-5-7-14(21)13-6-4-8-15(19-13)20-16-18-9-11-22-16/h4,6,8-9,11,14H,5,7,10,12H2,1-3H3,(H,18,19,20)/t14-/m1/s1. The zero-order valence-electron chi connectivity index (χ0n) is 13.5. The second-order valence-corrected chi connectivity index (χ2v) is 7.99. The fourth-order valence-electron chi connectivity index (χ4n) is 3.06. The molecule has 2 aromatic heterocycles. The van der Waals surface area contributed by atoms with Gasteiger partial charge in [-0.3, -0.25) is 4.90 Å². The van der Waals surface area contributed by atoms with Gasteiger partial charge < -0.3 is 5.32 Å². The van der Waals surface area contributed by atoms with Crippen molar-refractivity contribution in [2.75, 3.05) is 18.4 Å². The Hall–Kier alpha value is -1.46. The second-order valence-electron chi connectivity index (χ2n) is 7.10. The van der Waals surface area contributed by atoms with Crippen LogP contribution >= 0.6 is 11.3 Å². The van der Waals surface area contributed by atoms with Crippen molar-refractivity contribution in [3.8, 4) is 0 Å². The van der Waals surface area contributed by atoms with Gasteiger partial charge in [-0.2, -0.15) is 0 Å². The van der Waals surface area contributed by atoms with Gasteiger partial charge in [0, 0.05) is 18.1 Å². The summed E-state index contributed by atoms with van der Waals surface area (Å²) in [4.78, 5) is 11.7. The van der Waals surface area contributed by atoms with Gasteiger partial charge in [0.15, 0.2) is 5.13 Å². The Labute approximate surface area is 136 Å². The van der Waals surface area contributed by atoms with Crippen LogP contribution in [-0.4, -0.2) is 28.0 Å². The third kappa shape index (κ3) is 3.84. The lowest BCUT2D eigenvalue weighted by atomic mass is 9.95. The van der Waals surface area contributed by atoms with Crippen molar-refractivity contribution in [1.29, 1.82) is 0 Å². The van der Waals surface area contributed by atoms with Gasteiger partial charge in [0.2, 0.25) is 0 Å². The molecule has 118 valence electrons. The highest BCUT2D eigenvalue weighted by molar-refractivity contribution is 7.13. The van der Waals surface area contributed by atoms with E-state index in [9.17, 15) is 0 Å². The van der Waals surface area contributed by atoms with Gasteiger partial charge in [-0.15, -0.1) is 11.3 Å². The molecule has 1 atom stereocenters. The molecule has 0 unspecified atom stereocenters. The molecule has 1 aliphatic heterocycles. The van der Waals surface area contributed by atoms with Crippen LogP contribution in [0.4, 0.5) is 10.9 Å². The van der Waals surface area contributed by atoms with Crippen molar-refractivity contribution in [1.82, 2.24) is 14.9 Å². The van der Waals surface area contributed by atoms with E-state index in [0.29, 0.717) is 11.5 Å². The molecule has 0 radical (unpaired) electrons. The lowest BCUT2D eigenvalue weighted by molar-refractivity contribution is 0.176. The molecule has 5 heteroatoms. The quantitative estimate of drug-likeness (QED) is 0.904. The second kappa shape index (κ2) is 6.34. The Bertz CT molecular complexity index is 603. The van der Waals surface area contributed by atoms with Crippen LogP contribution in [0, 0.1) is 5.41 Å². The number of thiazole rings is 1. The van der Waals surface area contributed by atoms with E-state index in [4.69, 9.17) is 4.98 Å². The smallest absolute Gasteiger partial charge is 0.188 e. The molecule has 2 aromatic rings. The summed E-state index contributed by atoms with van der Waals surface area (Å²) in [5.74, 6) is 0.884. The van der Waals surface area contributed by atoms with Crippen molar-refractivity contribution in [3.63, 3.8) is 0 Å². The highest BCUT2D eigenvalue weighted by Crippen LogP contribution is 2.34.